The summed E-state index contributed by atoms with van der Waals surface area (Å²) in [4.78, 5) is 13.7. The summed E-state index contributed by atoms with van der Waals surface area (Å²) < 4.78 is 23.6. The molecule has 3 aliphatic rings. The number of carbonyl (C=O) groups is 1. The van der Waals surface area contributed by atoms with Crippen LogP contribution in [0.15, 0.2) is 65.7 Å². The summed E-state index contributed by atoms with van der Waals surface area (Å²) in [6.07, 6.45) is 7.45. The number of ether oxygens (including phenoxy) is 4. The van der Waals surface area contributed by atoms with Gasteiger partial charge in [0.15, 0.2) is 5.60 Å². The Hall–Kier alpha value is -2.99. The highest BCUT2D eigenvalue weighted by Gasteiger charge is 2.49. The van der Waals surface area contributed by atoms with Crippen molar-refractivity contribution < 1.29 is 28.8 Å². The van der Waals surface area contributed by atoms with Crippen LogP contribution in [0.2, 0.25) is 0 Å². The van der Waals surface area contributed by atoms with Crippen LogP contribution in [0.25, 0.3) is 0 Å². The Morgan fingerprint density at radius 2 is 2.06 bits per heavy atom. The van der Waals surface area contributed by atoms with Crippen molar-refractivity contribution in [2.24, 2.45) is 0 Å². The van der Waals surface area contributed by atoms with Crippen molar-refractivity contribution >= 4 is 5.78 Å². The highest BCUT2D eigenvalue weighted by Crippen LogP contribution is 2.45. The van der Waals surface area contributed by atoms with E-state index < -0.39 is 11.4 Å². The summed E-state index contributed by atoms with van der Waals surface area (Å²) >= 11 is 0. The van der Waals surface area contributed by atoms with Crippen molar-refractivity contribution in [1.82, 2.24) is 0 Å². The van der Waals surface area contributed by atoms with E-state index in [4.69, 9.17) is 18.9 Å². The van der Waals surface area contributed by atoms with Crippen molar-refractivity contribution in [2.75, 3.05) is 19.8 Å². The van der Waals surface area contributed by atoms with Gasteiger partial charge >= 0.3 is 0 Å². The second-order valence-electron chi connectivity index (χ2n) is 8.76. The molecule has 1 unspecified atom stereocenters. The summed E-state index contributed by atoms with van der Waals surface area (Å²) in [5.41, 5.74) is -0.531. The molecule has 0 radical (unpaired) electrons. The van der Waals surface area contributed by atoms with Crippen LogP contribution in [0.5, 0.6) is 11.5 Å². The van der Waals surface area contributed by atoms with E-state index in [2.05, 4.69) is 20.4 Å². The van der Waals surface area contributed by atoms with Crippen LogP contribution >= 0.6 is 0 Å². The summed E-state index contributed by atoms with van der Waals surface area (Å²) in [5, 5.41) is 11.6. The second-order valence-corrected chi connectivity index (χ2v) is 8.76. The molecule has 0 spiro atoms. The van der Waals surface area contributed by atoms with Crippen LogP contribution in [0.1, 0.15) is 45.6 Å². The van der Waals surface area contributed by atoms with Gasteiger partial charge in [-0.3, -0.25) is 4.79 Å². The quantitative estimate of drug-likeness (QED) is 0.660. The zero-order chi connectivity index (χ0) is 22.9. The van der Waals surface area contributed by atoms with Crippen LogP contribution in [0, 0.1) is 0 Å². The van der Waals surface area contributed by atoms with Gasteiger partial charge in [0.05, 0.1) is 12.2 Å². The maximum Gasteiger partial charge on any atom is 0.206 e. The van der Waals surface area contributed by atoms with Gasteiger partial charge in [-0.1, -0.05) is 18.7 Å². The molecule has 4 rings (SSSR count). The van der Waals surface area contributed by atoms with Crippen LogP contribution in [-0.4, -0.2) is 36.3 Å². The Morgan fingerprint density at radius 1 is 1.25 bits per heavy atom. The van der Waals surface area contributed by atoms with Gasteiger partial charge in [0.25, 0.3) is 0 Å². The first-order valence-corrected chi connectivity index (χ1v) is 11.0. The highest BCUT2D eigenvalue weighted by atomic mass is 16.5. The molecule has 0 amide bonds. The van der Waals surface area contributed by atoms with E-state index in [0.29, 0.717) is 41.4 Å². The number of allylic oxidation sites excluding steroid dienone is 4. The maximum absolute atomic E-state index is 13.7. The largest absolute Gasteiger partial charge is 0.494 e. The zero-order valence-electron chi connectivity index (χ0n) is 18.9. The van der Waals surface area contributed by atoms with Gasteiger partial charge in [0, 0.05) is 17.2 Å². The second kappa shape index (κ2) is 8.51. The summed E-state index contributed by atoms with van der Waals surface area (Å²) in [7, 11) is 0. The predicted molar refractivity (Wildman–Crippen MR) is 120 cm³/mol. The lowest BCUT2D eigenvalue weighted by atomic mass is 9.81. The van der Waals surface area contributed by atoms with Crippen molar-refractivity contribution in [1.29, 1.82) is 0 Å². The normalized spacial score (nSPS) is 24.1. The van der Waals surface area contributed by atoms with E-state index >= 15 is 0 Å². The van der Waals surface area contributed by atoms with Crippen LogP contribution in [0.3, 0.4) is 0 Å². The summed E-state index contributed by atoms with van der Waals surface area (Å²) in [6.45, 7) is 10.2. The Kier molecular flexibility index (Phi) is 5.91. The number of hydrogen-bond acceptors (Lipinski definition) is 6. The summed E-state index contributed by atoms with van der Waals surface area (Å²) in [5.74, 6) is 1.83. The fourth-order valence-electron chi connectivity index (χ4n) is 4.28. The van der Waals surface area contributed by atoms with Gasteiger partial charge in [-0.15, -0.1) is 0 Å². The van der Waals surface area contributed by atoms with E-state index in [1.54, 1.807) is 30.4 Å². The third-order valence-corrected chi connectivity index (χ3v) is 5.92. The fraction of sp³-hybridized carbons (Fsp3) is 0.423. The van der Waals surface area contributed by atoms with E-state index in [-0.39, 0.29) is 18.8 Å². The van der Waals surface area contributed by atoms with Gasteiger partial charge < -0.3 is 24.1 Å². The minimum absolute atomic E-state index is 0.211. The molecule has 1 aliphatic carbocycles. The maximum atomic E-state index is 13.7. The van der Waals surface area contributed by atoms with E-state index in [1.807, 2.05) is 13.0 Å². The van der Waals surface area contributed by atoms with Crippen molar-refractivity contribution in [3.8, 4) is 11.5 Å². The van der Waals surface area contributed by atoms with Gasteiger partial charge in [-0.05, 0) is 58.2 Å². The first-order valence-electron chi connectivity index (χ1n) is 11.0. The van der Waals surface area contributed by atoms with Crippen molar-refractivity contribution in [3.63, 3.8) is 0 Å². The molecular formula is C26H30O6. The Bertz CT molecular complexity index is 1030. The molecule has 170 valence electrons. The molecule has 2 aliphatic heterocycles. The summed E-state index contributed by atoms with van der Waals surface area (Å²) in [6, 6.07) is 5.06. The number of ketones is 1. The lowest BCUT2D eigenvalue weighted by molar-refractivity contribution is -0.144. The molecule has 1 aromatic carbocycles. The lowest BCUT2D eigenvalue weighted by Crippen LogP contribution is -2.46. The molecule has 1 atom stereocenters. The van der Waals surface area contributed by atoms with Crippen molar-refractivity contribution in [3.05, 3.63) is 71.2 Å². The Balaban J connectivity index is 1.72. The molecule has 0 bridgehead atoms. The molecular weight excluding hydrogens is 408 g/mol. The first-order chi connectivity index (χ1) is 15.3. The van der Waals surface area contributed by atoms with Crippen molar-refractivity contribution in [2.45, 2.75) is 51.2 Å². The molecule has 6 nitrogen and oxygen atoms in total. The molecule has 0 aromatic heterocycles. The average Bonchev–Trinajstić information content (AvgIpc) is 2.93. The number of hydrogen-bond donors (Lipinski definition) is 1. The smallest absolute Gasteiger partial charge is 0.206 e. The third kappa shape index (κ3) is 3.95. The monoisotopic (exact) mass is 438 g/mol. The SMILES string of the molecule is C=CCOc1cc(OCC)ccc1C1(O)COC2=C3CCC(C)(C)OC3=CCC=C2C1=O. The third-order valence-electron chi connectivity index (χ3n) is 5.92. The zero-order valence-corrected chi connectivity index (χ0v) is 18.9. The number of rotatable bonds is 6. The molecule has 32 heavy (non-hydrogen) atoms. The van der Waals surface area contributed by atoms with E-state index in [9.17, 15) is 9.90 Å². The van der Waals surface area contributed by atoms with Crippen LogP contribution in [0.4, 0.5) is 0 Å². The minimum atomic E-state index is -1.88. The molecule has 1 N–H and O–H groups in total. The van der Waals surface area contributed by atoms with Gasteiger partial charge in [0.1, 0.15) is 41.8 Å². The number of aliphatic hydroxyl groups is 1. The number of fused-ring (bicyclic) bond motifs is 2. The van der Waals surface area contributed by atoms with E-state index in [0.717, 1.165) is 24.2 Å². The molecule has 2 saturated heterocycles. The Labute approximate surface area is 188 Å². The molecule has 6 heteroatoms. The number of Topliss-reactive ketones (excluding diaryl/α,β-unsaturated/α-hetero) is 1. The van der Waals surface area contributed by atoms with Crippen LogP contribution < -0.4 is 9.47 Å². The topological polar surface area (TPSA) is 74.2 Å². The van der Waals surface area contributed by atoms with Gasteiger partial charge in [-0.2, -0.15) is 0 Å². The van der Waals surface area contributed by atoms with Crippen LogP contribution in [-0.2, 0) is 19.9 Å². The molecule has 2 fully saturated rings. The Morgan fingerprint density at radius 3 is 2.81 bits per heavy atom. The number of carbonyl (C=O) groups excluding carboxylic acids is 1. The number of benzene rings is 1. The van der Waals surface area contributed by atoms with Gasteiger partial charge in [0.2, 0.25) is 5.78 Å². The standard InChI is InChI=1S/C26H30O6/c1-5-14-30-22-15-17(29-6-2)10-11-20(22)26(28)16-31-23-18-12-13-25(3,4)32-21(18)9-7-8-19(23)24(26)27/h5,8-11,15,28H,1,6-7,12-14,16H2,2-4H3. The average molecular weight is 439 g/mol. The lowest BCUT2D eigenvalue weighted by Gasteiger charge is -2.38. The minimum Gasteiger partial charge on any atom is -0.494 e. The highest BCUT2D eigenvalue weighted by molar-refractivity contribution is 6.07. The van der Waals surface area contributed by atoms with E-state index in [1.165, 1.54) is 0 Å². The molecule has 1 aromatic rings. The molecule has 0 saturated carbocycles. The predicted octanol–water partition coefficient (Wildman–Crippen LogP) is 4.49. The first kappa shape index (κ1) is 22.2. The fourth-order valence-corrected chi connectivity index (χ4v) is 4.28. The molecule has 2 heterocycles. The van der Waals surface area contributed by atoms with Gasteiger partial charge in [-0.25, -0.2) is 0 Å².